The van der Waals surface area contributed by atoms with E-state index in [-0.39, 0.29) is 11.5 Å². The first-order chi connectivity index (χ1) is 16.1. The van der Waals surface area contributed by atoms with E-state index < -0.39 is 0 Å². The monoisotopic (exact) mass is 462 g/mol. The van der Waals surface area contributed by atoms with Crippen molar-refractivity contribution < 1.29 is 9.53 Å². The van der Waals surface area contributed by atoms with Crippen LogP contribution in [0.3, 0.4) is 0 Å². The average Bonchev–Trinajstić information content (AvgIpc) is 3.27. The highest BCUT2D eigenvalue weighted by molar-refractivity contribution is 7.22. The Bertz CT molecular complexity index is 1370. The highest BCUT2D eigenvalue weighted by Gasteiger charge is 2.29. The Kier molecular flexibility index (Phi) is 5.86. The van der Waals surface area contributed by atoms with Gasteiger partial charge in [0.15, 0.2) is 5.75 Å². The van der Waals surface area contributed by atoms with Crippen LogP contribution in [0, 0.1) is 0 Å². The third-order valence-electron chi connectivity index (χ3n) is 6.31. The molecule has 1 amide bonds. The zero-order chi connectivity index (χ0) is 22.9. The summed E-state index contributed by atoms with van der Waals surface area (Å²) >= 11 is 1.36. The van der Waals surface area contributed by atoms with Crippen molar-refractivity contribution in [2.24, 2.45) is 0 Å². The van der Waals surface area contributed by atoms with Crippen LogP contribution in [-0.2, 0) is 6.54 Å². The first kappa shape index (κ1) is 21.6. The second-order valence-electron chi connectivity index (χ2n) is 8.12. The number of aromatic nitrogens is 2. The molecular formula is C25H26N4O3S. The number of pyridine rings is 2. The van der Waals surface area contributed by atoms with Crippen molar-refractivity contribution in [1.29, 1.82) is 0 Å². The lowest BCUT2D eigenvalue weighted by Gasteiger charge is -2.33. The lowest BCUT2D eigenvalue weighted by Crippen LogP contribution is -2.48. The van der Waals surface area contributed by atoms with E-state index in [0.717, 1.165) is 40.9 Å². The Labute approximate surface area is 195 Å². The number of carbonyl (C=O) groups is 1. The summed E-state index contributed by atoms with van der Waals surface area (Å²) < 4.78 is 8.23. The summed E-state index contributed by atoms with van der Waals surface area (Å²) in [5, 5.41) is 1.40. The highest BCUT2D eigenvalue weighted by atomic mass is 32.1. The largest absolute Gasteiger partial charge is 0.494 e. The van der Waals surface area contributed by atoms with Crippen molar-refractivity contribution in [2.75, 3.05) is 39.8 Å². The van der Waals surface area contributed by atoms with Crippen LogP contribution in [0.15, 0.2) is 53.5 Å². The van der Waals surface area contributed by atoms with E-state index >= 15 is 0 Å². The minimum absolute atomic E-state index is 0.0661. The van der Waals surface area contributed by atoms with Crippen LogP contribution in [-0.4, -0.2) is 65.1 Å². The van der Waals surface area contributed by atoms with E-state index in [2.05, 4.69) is 16.8 Å². The van der Waals surface area contributed by atoms with Gasteiger partial charge in [0.25, 0.3) is 11.5 Å². The van der Waals surface area contributed by atoms with Crippen LogP contribution in [0.2, 0.25) is 0 Å². The Morgan fingerprint density at radius 1 is 1.09 bits per heavy atom. The molecule has 0 radical (unpaired) electrons. The molecule has 0 unspecified atom stereocenters. The number of piperazine rings is 1. The zero-order valence-corrected chi connectivity index (χ0v) is 19.6. The number of para-hydroxylation sites is 1. The van der Waals surface area contributed by atoms with E-state index in [1.165, 1.54) is 18.4 Å². The van der Waals surface area contributed by atoms with Gasteiger partial charge in [0.2, 0.25) is 0 Å². The fraction of sp³-hybridized carbons (Fsp3) is 0.320. The number of hydrogen-bond acceptors (Lipinski definition) is 6. The lowest BCUT2D eigenvalue weighted by molar-refractivity contribution is 0.0645. The van der Waals surface area contributed by atoms with Gasteiger partial charge in [-0.1, -0.05) is 31.2 Å². The SMILES string of the molecule is CCN1CCN(C(=O)c2sc3c(c2OC)c(=O)n(Cc2ccccn2)c2ccccc32)CC1. The molecule has 5 rings (SSSR count). The van der Waals surface area contributed by atoms with Gasteiger partial charge in [0, 0.05) is 37.8 Å². The molecule has 4 heterocycles. The molecule has 3 aromatic heterocycles. The second-order valence-corrected chi connectivity index (χ2v) is 9.15. The molecule has 1 aromatic carbocycles. The normalized spacial score (nSPS) is 14.8. The van der Waals surface area contributed by atoms with Gasteiger partial charge in [-0.05, 0) is 24.7 Å². The molecule has 0 bridgehead atoms. The maximum atomic E-state index is 13.8. The standard InChI is InChI=1S/C25H26N4O3S/c1-3-27-12-14-28(15-13-27)25(31)23-21(32-2)20-22(33-23)18-9-4-5-10-19(18)29(24(20)30)16-17-8-6-7-11-26-17/h4-11H,3,12-16H2,1-2H3. The predicted octanol–water partition coefficient (Wildman–Crippen LogP) is 3.45. The van der Waals surface area contributed by atoms with Crippen molar-refractivity contribution >= 4 is 38.2 Å². The first-order valence-corrected chi connectivity index (χ1v) is 12.0. The summed E-state index contributed by atoms with van der Waals surface area (Å²) in [6.45, 7) is 6.52. The number of benzene rings is 1. The number of amides is 1. The third kappa shape index (κ3) is 3.79. The Balaban J connectivity index is 1.67. The number of hydrogen-bond donors (Lipinski definition) is 0. The van der Waals surface area contributed by atoms with Gasteiger partial charge in [-0.3, -0.25) is 14.6 Å². The molecule has 0 aliphatic carbocycles. The number of carbonyl (C=O) groups excluding carboxylic acids is 1. The van der Waals surface area contributed by atoms with Crippen molar-refractivity contribution in [3.05, 3.63) is 69.6 Å². The Hall–Kier alpha value is -3.23. The summed E-state index contributed by atoms with van der Waals surface area (Å²) in [5.74, 6) is 0.312. The molecule has 1 saturated heterocycles. The maximum Gasteiger partial charge on any atom is 0.267 e. The number of nitrogens with zero attached hydrogens (tertiary/aromatic N) is 4. The predicted molar refractivity (Wildman–Crippen MR) is 131 cm³/mol. The molecule has 0 N–H and O–H groups in total. The van der Waals surface area contributed by atoms with Crippen molar-refractivity contribution in [3.63, 3.8) is 0 Å². The fourth-order valence-electron chi connectivity index (χ4n) is 4.50. The van der Waals surface area contributed by atoms with Crippen LogP contribution in [0.5, 0.6) is 5.75 Å². The number of ether oxygens (including phenoxy) is 1. The quantitative estimate of drug-likeness (QED) is 0.455. The molecule has 8 heteroatoms. The molecule has 0 saturated carbocycles. The molecule has 1 fully saturated rings. The van der Waals surface area contributed by atoms with Gasteiger partial charge in [-0.15, -0.1) is 11.3 Å². The highest BCUT2D eigenvalue weighted by Crippen LogP contribution is 2.40. The smallest absolute Gasteiger partial charge is 0.267 e. The topological polar surface area (TPSA) is 67.7 Å². The Morgan fingerprint density at radius 2 is 1.85 bits per heavy atom. The summed E-state index contributed by atoms with van der Waals surface area (Å²) in [7, 11) is 1.53. The molecular weight excluding hydrogens is 436 g/mol. The molecule has 0 spiro atoms. The fourth-order valence-corrected chi connectivity index (χ4v) is 5.77. The Morgan fingerprint density at radius 3 is 2.55 bits per heavy atom. The van der Waals surface area contributed by atoms with Crippen LogP contribution in [0.25, 0.3) is 21.0 Å². The minimum atomic E-state index is -0.169. The van der Waals surface area contributed by atoms with E-state index in [0.29, 0.717) is 35.6 Å². The van der Waals surface area contributed by atoms with Gasteiger partial charge in [0.1, 0.15) is 10.3 Å². The van der Waals surface area contributed by atoms with Gasteiger partial charge in [0.05, 0.1) is 29.6 Å². The van der Waals surface area contributed by atoms with Gasteiger partial charge in [-0.2, -0.15) is 0 Å². The first-order valence-electron chi connectivity index (χ1n) is 11.2. The van der Waals surface area contributed by atoms with E-state index in [4.69, 9.17) is 4.74 Å². The van der Waals surface area contributed by atoms with E-state index in [1.807, 2.05) is 47.4 Å². The van der Waals surface area contributed by atoms with Crippen molar-refractivity contribution in [2.45, 2.75) is 13.5 Å². The van der Waals surface area contributed by atoms with Crippen LogP contribution in [0.1, 0.15) is 22.3 Å². The number of likely N-dealkylation sites (N-methyl/N-ethyl adjacent to an activating group) is 1. The van der Waals surface area contributed by atoms with E-state index in [9.17, 15) is 9.59 Å². The molecule has 4 aromatic rings. The number of methoxy groups -OCH3 is 1. The maximum absolute atomic E-state index is 13.8. The zero-order valence-electron chi connectivity index (χ0n) is 18.8. The number of rotatable bonds is 5. The number of fused-ring (bicyclic) bond motifs is 3. The van der Waals surface area contributed by atoms with Gasteiger partial charge >= 0.3 is 0 Å². The second kappa shape index (κ2) is 8.96. The van der Waals surface area contributed by atoms with Gasteiger partial charge in [-0.25, -0.2) is 0 Å². The van der Waals surface area contributed by atoms with Gasteiger partial charge < -0.3 is 19.1 Å². The molecule has 1 aliphatic heterocycles. The molecule has 7 nitrogen and oxygen atoms in total. The summed E-state index contributed by atoms with van der Waals surface area (Å²) in [6.07, 6.45) is 1.72. The lowest BCUT2D eigenvalue weighted by atomic mass is 10.1. The molecule has 0 atom stereocenters. The van der Waals surface area contributed by atoms with Crippen molar-refractivity contribution in [3.8, 4) is 5.75 Å². The summed E-state index contributed by atoms with van der Waals surface area (Å²) in [4.78, 5) is 36.3. The van der Waals surface area contributed by atoms with E-state index in [1.54, 1.807) is 10.8 Å². The van der Waals surface area contributed by atoms with Crippen molar-refractivity contribution in [1.82, 2.24) is 19.4 Å². The van der Waals surface area contributed by atoms with Crippen LogP contribution >= 0.6 is 11.3 Å². The molecule has 170 valence electrons. The molecule has 33 heavy (non-hydrogen) atoms. The average molecular weight is 463 g/mol. The minimum Gasteiger partial charge on any atom is -0.494 e. The third-order valence-corrected chi connectivity index (χ3v) is 7.51. The summed E-state index contributed by atoms with van der Waals surface area (Å²) in [6, 6.07) is 13.5. The number of thiophene rings is 1. The summed E-state index contributed by atoms with van der Waals surface area (Å²) in [5.41, 5.74) is 1.45. The molecule has 1 aliphatic rings. The van der Waals surface area contributed by atoms with Crippen LogP contribution < -0.4 is 10.3 Å². The van der Waals surface area contributed by atoms with Crippen LogP contribution in [0.4, 0.5) is 0 Å².